The number of anilines is 1. The van der Waals surface area contributed by atoms with Crippen molar-refractivity contribution in [3.8, 4) is 0 Å². The molecule has 8 heteroatoms. The van der Waals surface area contributed by atoms with Gasteiger partial charge in [0.25, 0.3) is 5.56 Å². The Balaban J connectivity index is 1.91. The average Bonchev–Trinajstić information content (AvgIpc) is 2.92. The Kier molecular flexibility index (Phi) is 3.13. The molecule has 2 N–H and O–H groups in total. The van der Waals surface area contributed by atoms with Crippen molar-refractivity contribution >= 4 is 17.0 Å². The van der Waals surface area contributed by atoms with E-state index in [1.165, 1.54) is 12.3 Å². The summed E-state index contributed by atoms with van der Waals surface area (Å²) in [5.41, 5.74) is 0.607. The van der Waals surface area contributed by atoms with Crippen LogP contribution in [0.25, 0.3) is 11.0 Å². The fraction of sp³-hybridized carbons (Fsp3) is 0.154. The summed E-state index contributed by atoms with van der Waals surface area (Å²) in [7, 11) is 1.68. The Morgan fingerprint density at radius 2 is 2.10 bits per heavy atom. The summed E-state index contributed by atoms with van der Waals surface area (Å²) < 4.78 is 26.1. The van der Waals surface area contributed by atoms with Gasteiger partial charge in [-0.05, 0) is 17.7 Å². The zero-order valence-corrected chi connectivity index (χ0v) is 11.0. The molecular formula is C13H11F2N5O. The van der Waals surface area contributed by atoms with Gasteiger partial charge in [-0.25, -0.2) is 8.78 Å². The number of aromatic nitrogens is 4. The maximum atomic E-state index is 13.2. The molecule has 0 bridgehead atoms. The second-order valence-corrected chi connectivity index (χ2v) is 4.63. The number of nitrogens with zero attached hydrogens (tertiary/aromatic N) is 3. The number of nitrogens with one attached hydrogen (secondary N) is 2. The van der Waals surface area contributed by atoms with Crippen molar-refractivity contribution < 1.29 is 8.78 Å². The van der Waals surface area contributed by atoms with E-state index >= 15 is 0 Å². The summed E-state index contributed by atoms with van der Waals surface area (Å²) in [5, 5.41) is 6.73. The topological polar surface area (TPSA) is 77.7 Å². The number of hydrogen-bond acceptors (Lipinski definition) is 4. The van der Waals surface area contributed by atoms with E-state index in [4.69, 9.17) is 0 Å². The lowest BCUT2D eigenvalue weighted by Crippen LogP contribution is -2.22. The van der Waals surface area contributed by atoms with Gasteiger partial charge in [0.05, 0.1) is 6.20 Å². The fourth-order valence-electron chi connectivity index (χ4n) is 2.00. The molecule has 21 heavy (non-hydrogen) atoms. The molecule has 6 nitrogen and oxygen atoms in total. The van der Waals surface area contributed by atoms with E-state index in [1.54, 1.807) is 11.9 Å². The lowest BCUT2D eigenvalue weighted by molar-refractivity contribution is 0.507. The SMILES string of the molecule is CN(Cc1ccc(F)c(F)c1)c1nc2[nH]ncc2c(=O)[nH]1. The van der Waals surface area contributed by atoms with Crippen LogP contribution in [-0.4, -0.2) is 27.2 Å². The van der Waals surface area contributed by atoms with Gasteiger partial charge in [-0.2, -0.15) is 10.1 Å². The van der Waals surface area contributed by atoms with Gasteiger partial charge in [0, 0.05) is 13.6 Å². The maximum absolute atomic E-state index is 13.2. The lowest BCUT2D eigenvalue weighted by Gasteiger charge is -2.17. The van der Waals surface area contributed by atoms with E-state index < -0.39 is 11.6 Å². The Bertz CT molecular complexity index is 857. The summed E-state index contributed by atoms with van der Waals surface area (Å²) >= 11 is 0. The minimum atomic E-state index is -0.911. The van der Waals surface area contributed by atoms with Crippen LogP contribution >= 0.6 is 0 Å². The molecule has 0 aliphatic heterocycles. The third-order valence-electron chi connectivity index (χ3n) is 3.07. The predicted octanol–water partition coefficient (Wildman–Crippen LogP) is 1.56. The Morgan fingerprint density at radius 3 is 2.86 bits per heavy atom. The molecule has 2 aromatic heterocycles. The number of fused-ring (bicyclic) bond motifs is 1. The number of H-pyrrole nitrogens is 2. The summed E-state index contributed by atoms with van der Waals surface area (Å²) in [4.78, 5) is 20.3. The first-order chi connectivity index (χ1) is 10.0. The molecule has 1 aromatic carbocycles. The molecule has 0 saturated heterocycles. The Labute approximate surface area is 117 Å². The first-order valence-electron chi connectivity index (χ1n) is 6.13. The summed E-state index contributed by atoms with van der Waals surface area (Å²) in [6.45, 7) is 0.264. The average molecular weight is 291 g/mol. The molecule has 0 amide bonds. The van der Waals surface area contributed by atoms with Gasteiger partial charge in [-0.15, -0.1) is 0 Å². The number of benzene rings is 1. The van der Waals surface area contributed by atoms with E-state index in [0.29, 0.717) is 22.5 Å². The van der Waals surface area contributed by atoms with Crippen molar-refractivity contribution in [1.29, 1.82) is 0 Å². The number of hydrogen-bond donors (Lipinski definition) is 2. The Morgan fingerprint density at radius 1 is 1.29 bits per heavy atom. The van der Waals surface area contributed by atoms with Crippen LogP contribution in [0.15, 0.2) is 29.2 Å². The van der Waals surface area contributed by atoms with Crippen LogP contribution in [0, 0.1) is 11.6 Å². The van der Waals surface area contributed by atoms with Crippen LogP contribution in [0.3, 0.4) is 0 Å². The van der Waals surface area contributed by atoms with E-state index in [-0.39, 0.29) is 12.1 Å². The molecule has 0 aliphatic carbocycles. The minimum absolute atomic E-state index is 0.264. The monoisotopic (exact) mass is 291 g/mol. The van der Waals surface area contributed by atoms with Crippen molar-refractivity contribution in [1.82, 2.24) is 20.2 Å². The zero-order chi connectivity index (χ0) is 15.0. The van der Waals surface area contributed by atoms with E-state index in [1.807, 2.05) is 0 Å². The molecule has 108 valence electrons. The summed E-state index contributed by atoms with van der Waals surface area (Å²) in [6, 6.07) is 3.65. The van der Waals surface area contributed by atoms with Gasteiger partial charge in [-0.1, -0.05) is 6.07 Å². The predicted molar refractivity (Wildman–Crippen MR) is 73.0 cm³/mol. The fourth-order valence-corrected chi connectivity index (χ4v) is 2.00. The van der Waals surface area contributed by atoms with Crippen LogP contribution in [0.4, 0.5) is 14.7 Å². The van der Waals surface area contributed by atoms with Crippen molar-refractivity contribution in [3.05, 3.63) is 51.9 Å². The molecule has 0 spiro atoms. The molecule has 0 atom stereocenters. The minimum Gasteiger partial charge on any atom is -0.341 e. The second kappa shape index (κ2) is 4.97. The highest BCUT2D eigenvalue weighted by atomic mass is 19.2. The van der Waals surface area contributed by atoms with Crippen molar-refractivity contribution in [2.24, 2.45) is 0 Å². The van der Waals surface area contributed by atoms with Gasteiger partial charge in [0.15, 0.2) is 17.3 Å². The molecule has 0 aliphatic rings. The zero-order valence-electron chi connectivity index (χ0n) is 11.0. The molecular weight excluding hydrogens is 280 g/mol. The van der Waals surface area contributed by atoms with Crippen LogP contribution < -0.4 is 10.5 Å². The van der Waals surface area contributed by atoms with Crippen molar-refractivity contribution in [2.75, 3.05) is 11.9 Å². The first kappa shape index (κ1) is 13.2. The Hall–Kier alpha value is -2.77. The quantitative estimate of drug-likeness (QED) is 0.767. The van der Waals surface area contributed by atoms with Gasteiger partial charge < -0.3 is 4.90 Å². The largest absolute Gasteiger partial charge is 0.341 e. The first-order valence-corrected chi connectivity index (χ1v) is 6.13. The van der Waals surface area contributed by atoms with Gasteiger partial charge >= 0.3 is 0 Å². The molecule has 0 radical (unpaired) electrons. The van der Waals surface area contributed by atoms with Crippen LogP contribution in [0.1, 0.15) is 5.56 Å². The van der Waals surface area contributed by atoms with Crippen LogP contribution in [-0.2, 0) is 6.54 Å². The third kappa shape index (κ3) is 2.47. The van der Waals surface area contributed by atoms with Crippen molar-refractivity contribution in [3.63, 3.8) is 0 Å². The number of halogens is 2. The molecule has 0 saturated carbocycles. The van der Waals surface area contributed by atoms with E-state index in [0.717, 1.165) is 12.1 Å². The van der Waals surface area contributed by atoms with Gasteiger partial charge in [0.1, 0.15) is 5.39 Å². The van der Waals surface area contributed by atoms with Gasteiger partial charge in [0.2, 0.25) is 5.95 Å². The summed E-state index contributed by atoms with van der Waals surface area (Å²) in [6.07, 6.45) is 1.39. The second-order valence-electron chi connectivity index (χ2n) is 4.63. The molecule has 0 unspecified atom stereocenters. The van der Waals surface area contributed by atoms with E-state index in [2.05, 4.69) is 20.2 Å². The highest BCUT2D eigenvalue weighted by Gasteiger charge is 2.10. The highest BCUT2D eigenvalue weighted by molar-refractivity contribution is 5.73. The number of rotatable bonds is 3. The van der Waals surface area contributed by atoms with Gasteiger partial charge in [-0.3, -0.25) is 14.9 Å². The van der Waals surface area contributed by atoms with Crippen LogP contribution in [0.5, 0.6) is 0 Å². The van der Waals surface area contributed by atoms with E-state index in [9.17, 15) is 13.6 Å². The normalized spacial score (nSPS) is 11.0. The third-order valence-corrected chi connectivity index (χ3v) is 3.07. The maximum Gasteiger partial charge on any atom is 0.263 e. The summed E-state index contributed by atoms with van der Waals surface area (Å²) in [5.74, 6) is -1.50. The molecule has 2 heterocycles. The molecule has 0 fully saturated rings. The highest BCUT2D eigenvalue weighted by Crippen LogP contribution is 2.14. The van der Waals surface area contributed by atoms with Crippen molar-refractivity contribution in [2.45, 2.75) is 6.54 Å². The molecule has 3 rings (SSSR count). The lowest BCUT2D eigenvalue weighted by atomic mass is 10.2. The molecule has 3 aromatic rings. The van der Waals surface area contributed by atoms with Crippen LogP contribution in [0.2, 0.25) is 0 Å². The smallest absolute Gasteiger partial charge is 0.263 e. The number of aromatic amines is 2. The standard InChI is InChI=1S/C13H11F2N5O/c1-20(6-7-2-3-9(14)10(15)4-7)13-17-11-8(5-16-19-11)12(21)18-13/h2-5H,6H2,1H3,(H2,16,17,18,19,21).